The van der Waals surface area contributed by atoms with Crippen LogP contribution in [-0.4, -0.2) is 40.0 Å². The zero-order chi connectivity index (χ0) is 15.1. The monoisotopic (exact) mass is 280 g/mol. The number of benzene rings is 1. The lowest BCUT2D eigenvalue weighted by Crippen LogP contribution is -2.36. The molecule has 0 bridgehead atoms. The number of carboxylic acids is 1. The molecule has 0 aliphatic carbocycles. The quantitative estimate of drug-likeness (QED) is 0.583. The number of nitro benzene ring substituents is 1. The van der Waals surface area contributed by atoms with Crippen LogP contribution in [0, 0.1) is 10.1 Å². The standard InChI is InChI=1S/C14H20N2O4/c1-3-15(11(2)10-14(17)18)9-8-12-6-4-5-7-13(12)16(19)20/h4-7,11H,3,8-10H2,1-2H3,(H,17,18). The van der Waals surface area contributed by atoms with Crippen molar-refractivity contribution in [1.82, 2.24) is 4.90 Å². The number of hydrogen-bond donors (Lipinski definition) is 1. The number of para-hydroxylation sites is 1. The molecule has 0 radical (unpaired) electrons. The molecular formula is C14H20N2O4. The molecule has 0 spiro atoms. The van der Waals surface area contributed by atoms with E-state index in [0.29, 0.717) is 18.5 Å². The zero-order valence-corrected chi connectivity index (χ0v) is 11.8. The molecule has 0 fully saturated rings. The minimum atomic E-state index is -0.832. The van der Waals surface area contributed by atoms with E-state index in [0.717, 1.165) is 6.54 Å². The molecule has 1 atom stereocenters. The lowest BCUT2D eigenvalue weighted by atomic mass is 10.1. The predicted molar refractivity (Wildman–Crippen MR) is 75.8 cm³/mol. The van der Waals surface area contributed by atoms with Gasteiger partial charge < -0.3 is 10.0 Å². The molecule has 0 heterocycles. The second-order valence-corrected chi connectivity index (χ2v) is 4.71. The average Bonchev–Trinajstić information content (AvgIpc) is 2.38. The van der Waals surface area contributed by atoms with Crippen molar-refractivity contribution in [2.45, 2.75) is 32.7 Å². The van der Waals surface area contributed by atoms with Gasteiger partial charge in [0.2, 0.25) is 0 Å². The van der Waals surface area contributed by atoms with Crippen molar-refractivity contribution in [2.24, 2.45) is 0 Å². The van der Waals surface area contributed by atoms with Gasteiger partial charge in [-0.25, -0.2) is 0 Å². The van der Waals surface area contributed by atoms with Gasteiger partial charge in [-0.05, 0) is 19.9 Å². The summed E-state index contributed by atoms with van der Waals surface area (Å²) in [4.78, 5) is 23.3. The average molecular weight is 280 g/mol. The van der Waals surface area contributed by atoms with Crippen molar-refractivity contribution >= 4 is 11.7 Å². The van der Waals surface area contributed by atoms with Crippen LogP contribution in [0.25, 0.3) is 0 Å². The molecule has 1 unspecified atom stereocenters. The molecule has 1 N–H and O–H groups in total. The van der Waals surface area contributed by atoms with E-state index in [1.807, 2.05) is 18.7 Å². The van der Waals surface area contributed by atoms with E-state index >= 15 is 0 Å². The minimum absolute atomic E-state index is 0.0741. The first kappa shape index (κ1) is 16.1. The molecule has 0 aliphatic rings. The summed E-state index contributed by atoms with van der Waals surface area (Å²) < 4.78 is 0. The number of carbonyl (C=O) groups is 1. The Labute approximate surface area is 118 Å². The van der Waals surface area contributed by atoms with Gasteiger partial charge in [-0.1, -0.05) is 25.1 Å². The van der Waals surface area contributed by atoms with Crippen LogP contribution in [0.3, 0.4) is 0 Å². The van der Waals surface area contributed by atoms with Crippen LogP contribution in [0.5, 0.6) is 0 Å². The summed E-state index contributed by atoms with van der Waals surface area (Å²) in [5, 5.41) is 19.7. The van der Waals surface area contributed by atoms with Gasteiger partial charge >= 0.3 is 5.97 Å². The number of rotatable bonds is 8. The minimum Gasteiger partial charge on any atom is -0.481 e. The molecule has 1 aromatic rings. The van der Waals surface area contributed by atoms with E-state index in [2.05, 4.69) is 0 Å². The van der Waals surface area contributed by atoms with Crippen LogP contribution in [-0.2, 0) is 11.2 Å². The Morgan fingerprint density at radius 3 is 2.65 bits per heavy atom. The molecule has 6 heteroatoms. The summed E-state index contributed by atoms with van der Waals surface area (Å²) >= 11 is 0. The second kappa shape index (κ2) is 7.59. The summed E-state index contributed by atoms with van der Waals surface area (Å²) in [5.74, 6) is -0.832. The number of likely N-dealkylation sites (N-methyl/N-ethyl adjacent to an activating group) is 1. The van der Waals surface area contributed by atoms with Gasteiger partial charge in [0.05, 0.1) is 11.3 Å². The Morgan fingerprint density at radius 1 is 1.45 bits per heavy atom. The largest absolute Gasteiger partial charge is 0.481 e. The second-order valence-electron chi connectivity index (χ2n) is 4.71. The SMILES string of the molecule is CCN(CCc1ccccc1[N+](=O)[O-])C(C)CC(=O)O. The Bertz CT molecular complexity index is 476. The van der Waals surface area contributed by atoms with Crippen molar-refractivity contribution in [3.05, 3.63) is 39.9 Å². The van der Waals surface area contributed by atoms with Gasteiger partial charge in [-0.3, -0.25) is 14.9 Å². The summed E-state index contributed by atoms with van der Waals surface area (Å²) in [6.45, 7) is 5.14. The van der Waals surface area contributed by atoms with Crippen LogP contribution in [0.4, 0.5) is 5.69 Å². The molecule has 6 nitrogen and oxygen atoms in total. The third kappa shape index (κ3) is 4.62. The summed E-state index contributed by atoms with van der Waals surface area (Å²) in [5.41, 5.74) is 0.799. The molecule has 1 aromatic carbocycles. The van der Waals surface area contributed by atoms with Crippen molar-refractivity contribution in [1.29, 1.82) is 0 Å². The molecule has 0 aromatic heterocycles. The van der Waals surface area contributed by atoms with E-state index in [1.54, 1.807) is 18.2 Å². The van der Waals surface area contributed by atoms with E-state index < -0.39 is 5.97 Å². The number of hydrogen-bond acceptors (Lipinski definition) is 4. The third-order valence-corrected chi connectivity index (χ3v) is 3.36. The molecular weight excluding hydrogens is 260 g/mol. The lowest BCUT2D eigenvalue weighted by Gasteiger charge is -2.26. The Hall–Kier alpha value is -1.95. The van der Waals surface area contributed by atoms with Crippen molar-refractivity contribution in [3.8, 4) is 0 Å². The van der Waals surface area contributed by atoms with E-state index in [9.17, 15) is 14.9 Å². The summed E-state index contributed by atoms with van der Waals surface area (Å²) in [7, 11) is 0. The van der Waals surface area contributed by atoms with E-state index in [1.165, 1.54) is 6.07 Å². The Balaban J connectivity index is 2.69. The molecule has 20 heavy (non-hydrogen) atoms. The fourth-order valence-corrected chi connectivity index (χ4v) is 2.24. The van der Waals surface area contributed by atoms with Gasteiger partial charge in [0.15, 0.2) is 0 Å². The Kier molecular flexibility index (Phi) is 6.11. The van der Waals surface area contributed by atoms with Crippen molar-refractivity contribution < 1.29 is 14.8 Å². The van der Waals surface area contributed by atoms with Crippen LogP contribution >= 0.6 is 0 Å². The predicted octanol–water partition coefficient (Wildman–Crippen LogP) is 2.32. The molecule has 0 amide bonds. The molecule has 0 saturated heterocycles. The topological polar surface area (TPSA) is 83.7 Å². The van der Waals surface area contributed by atoms with Gasteiger partial charge in [-0.2, -0.15) is 0 Å². The molecule has 0 saturated carbocycles. The van der Waals surface area contributed by atoms with Crippen molar-refractivity contribution in [3.63, 3.8) is 0 Å². The van der Waals surface area contributed by atoms with E-state index in [4.69, 9.17) is 5.11 Å². The Morgan fingerprint density at radius 2 is 2.10 bits per heavy atom. The molecule has 0 aliphatic heterocycles. The maximum Gasteiger partial charge on any atom is 0.304 e. The van der Waals surface area contributed by atoms with Crippen LogP contribution in [0.1, 0.15) is 25.8 Å². The summed E-state index contributed by atoms with van der Waals surface area (Å²) in [6, 6.07) is 6.58. The fourth-order valence-electron chi connectivity index (χ4n) is 2.24. The van der Waals surface area contributed by atoms with Crippen LogP contribution in [0.2, 0.25) is 0 Å². The van der Waals surface area contributed by atoms with Crippen LogP contribution < -0.4 is 0 Å². The maximum absolute atomic E-state index is 10.9. The normalized spacial score (nSPS) is 12.3. The van der Waals surface area contributed by atoms with Gasteiger partial charge in [0, 0.05) is 24.2 Å². The number of nitrogens with zero attached hydrogens (tertiary/aromatic N) is 2. The highest BCUT2D eigenvalue weighted by Gasteiger charge is 2.17. The number of aliphatic carboxylic acids is 1. The van der Waals surface area contributed by atoms with Gasteiger partial charge in [0.1, 0.15) is 0 Å². The summed E-state index contributed by atoms with van der Waals surface area (Å²) in [6.07, 6.45) is 0.611. The van der Waals surface area contributed by atoms with Gasteiger partial charge in [0.25, 0.3) is 5.69 Å². The first-order valence-electron chi connectivity index (χ1n) is 6.63. The van der Waals surface area contributed by atoms with E-state index in [-0.39, 0.29) is 23.1 Å². The smallest absolute Gasteiger partial charge is 0.304 e. The highest BCUT2D eigenvalue weighted by atomic mass is 16.6. The van der Waals surface area contributed by atoms with Crippen molar-refractivity contribution in [2.75, 3.05) is 13.1 Å². The number of carboxylic acid groups (broad SMARTS) is 1. The number of nitro groups is 1. The van der Waals surface area contributed by atoms with Gasteiger partial charge in [-0.15, -0.1) is 0 Å². The third-order valence-electron chi connectivity index (χ3n) is 3.36. The first-order valence-corrected chi connectivity index (χ1v) is 6.63. The molecule has 110 valence electrons. The van der Waals surface area contributed by atoms with Crippen LogP contribution in [0.15, 0.2) is 24.3 Å². The highest BCUT2D eigenvalue weighted by Crippen LogP contribution is 2.19. The zero-order valence-electron chi connectivity index (χ0n) is 11.8. The first-order chi connectivity index (χ1) is 9.45. The molecule has 1 rings (SSSR count). The maximum atomic E-state index is 10.9. The lowest BCUT2D eigenvalue weighted by molar-refractivity contribution is -0.385. The highest BCUT2D eigenvalue weighted by molar-refractivity contribution is 5.67. The fraction of sp³-hybridized carbons (Fsp3) is 0.500.